The number of rotatable bonds is 1. The number of allylic oxidation sites excluding steroid dienone is 3. The summed E-state index contributed by atoms with van der Waals surface area (Å²) in [6.07, 6.45) is 5.91. The summed E-state index contributed by atoms with van der Waals surface area (Å²) in [5, 5.41) is 1.33. The first kappa shape index (κ1) is 10.2. The van der Waals surface area contributed by atoms with Gasteiger partial charge in [0.1, 0.15) is 0 Å². The lowest BCUT2D eigenvalue weighted by Crippen LogP contribution is -2.24. The zero-order chi connectivity index (χ0) is 10.3. The zero-order valence-corrected chi connectivity index (χ0v) is 9.97. The van der Waals surface area contributed by atoms with Crippen molar-refractivity contribution >= 4 is 11.8 Å². The van der Waals surface area contributed by atoms with Crippen LogP contribution in [0.5, 0.6) is 0 Å². The van der Waals surface area contributed by atoms with Crippen molar-refractivity contribution in [3.63, 3.8) is 0 Å². The highest BCUT2D eigenvalue weighted by atomic mass is 32.2. The SMILES string of the molecule is CC1CC2C=CC(C(C)C)=C(N)C2S1. The second-order valence-corrected chi connectivity index (χ2v) is 6.28. The second kappa shape index (κ2) is 3.65. The van der Waals surface area contributed by atoms with Gasteiger partial charge in [0.2, 0.25) is 0 Å². The van der Waals surface area contributed by atoms with E-state index in [1.807, 2.05) is 11.8 Å². The molecule has 3 atom stereocenters. The fourth-order valence-electron chi connectivity index (χ4n) is 2.41. The first-order chi connectivity index (χ1) is 6.59. The summed E-state index contributed by atoms with van der Waals surface area (Å²) in [6.45, 7) is 6.74. The highest BCUT2D eigenvalue weighted by Crippen LogP contribution is 2.45. The van der Waals surface area contributed by atoms with E-state index in [1.165, 1.54) is 12.0 Å². The summed E-state index contributed by atoms with van der Waals surface area (Å²) in [4.78, 5) is 0. The lowest BCUT2D eigenvalue weighted by molar-refractivity contribution is 0.609. The molecule has 0 aromatic rings. The highest BCUT2D eigenvalue weighted by molar-refractivity contribution is 8.01. The molecule has 0 amide bonds. The smallest absolute Gasteiger partial charge is 0.0511 e. The summed E-state index contributed by atoms with van der Waals surface area (Å²) >= 11 is 2.04. The fourth-order valence-corrected chi connectivity index (χ4v) is 3.93. The maximum Gasteiger partial charge on any atom is 0.0511 e. The summed E-state index contributed by atoms with van der Waals surface area (Å²) < 4.78 is 0. The quantitative estimate of drug-likeness (QED) is 0.718. The molecule has 3 unspecified atom stereocenters. The lowest BCUT2D eigenvalue weighted by Gasteiger charge is -2.25. The van der Waals surface area contributed by atoms with E-state index in [4.69, 9.17) is 5.73 Å². The predicted octanol–water partition coefficient (Wildman–Crippen LogP) is 2.94. The van der Waals surface area contributed by atoms with Crippen molar-refractivity contribution in [3.05, 3.63) is 23.4 Å². The van der Waals surface area contributed by atoms with Crippen LogP contribution >= 0.6 is 11.8 Å². The van der Waals surface area contributed by atoms with Crippen LogP contribution in [0.1, 0.15) is 27.2 Å². The molecule has 1 aliphatic carbocycles. The van der Waals surface area contributed by atoms with Gasteiger partial charge < -0.3 is 5.73 Å². The van der Waals surface area contributed by atoms with Crippen molar-refractivity contribution in [1.82, 2.24) is 0 Å². The fraction of sp³-hybridized carbons (Fsp3) is 0.667. The minimum absolute atomic E-state index is 0.559. The van der Waals surface area contributed by atoms with E-state index in [0.29, 0.717) is 17.1 Å². The molecule has 1 aliphatic heterocycles. The van der Waals surface area contributed by atoms with Gasteiger partial charge in [-0.2, -0.15) is 0 Å². The van der Waals surface area contributed by atoms with E-state index in [0.717, 1.165) is 10.9 Å². The first-order valence-electron chi connectivity index (χ1n) is 5.42. The van der Waals surface area contributed by atoms with Gasteiger partial charge >= 0.3 is 0 Å². The Hall–Kier alpha value is -0.370. The molecule has 0 aromatic heterocycles. The van der Waals surface area contributed by atoms with Crippen molar-refractivity contribution < 1.29 is 0 Å². The van der Waals surface area contributed by atoms with Gasteiger partial charge in [-0.1, -0.05) is 32.9 Å². The third-order valence-electron chi connectivity index (χ3n) is 3.16. The zero-order valence-electron chi connectivity index (χ0n) is 9.16. The average molecular weight is 209 g/mol. The van der Waals surface area contributed by atoms with E-state index in [-0.39, 0.29) is 0 Å². The van der Waals surface area contributed by atoms with E-state index in [9.17, 15) is 0 Å². The Labute approximate surface area is 90.8 Å². The van der Waals surface area contributed by atoms with E-state index in [2.05, 4.69) is 32.9 Å². The molecule has 0 bridgehead atoms. The normalized spacial score (nSPS) is 36.7. The van der Waals surface area contributed by atoms with Crippen LogP contribution < -0.4 is 5.73 Å². The summed E-state index contributed by atoms with van der Waals surface area (Å²) in [6, 6.07) is 0. The molecule has 1 heterocycles. The van der Waals surface area contributed by atoms with Crippen LogP contribution in [0.25, 0.3) is 0 Å². The molecule has 1 fully saturated rings. The van der Waals surface area contributed by atoms with Crippen molar-refractivity contribution in [3.8, 4) is 0 Å². The van der Waals surface area contributed by atoms with Gasteiger partial charge in [0.05, 0.1) is 5.25 Å². The molecule has 0 spiro atoms. The van der Waals surface area contributed by atoms with Gasteiger partial charge in [-0.3, -0.25) is 0 Å². The Bertz CT molecular complexity index is 291. The molecule has 2 aliphatic rings. The van der Waals surface area contributed by atoms with Crippen LogP contribution in [0.3, 0.4) is 0 Å². The highest BCUT2D eigenvalue weighted by Gasteiger charge is 2.35. The van der Waals surface area contributed by atoms with Crippen LogP contribution in [-0.2, 0) is 0 Å². The lowest BCUT2D eigenvalue weighted by atomic mass is 9.87. The molecule has 2 N–H and O–H groups in total. The summed E-state index contributed by atoms with van der Waals surface area (Å²) in [5.74, 6) is 1.25. The summed E-state index contributed by atoms with van der Waals surface area (Å²) in [5.41, 5.74) is 8.73. The molecular formula is C12H19NS. The standard InChI is InChI=1S/C12H19NS/c1-7(2)10-5-4-9-6-8(3)14-12(9)11(10)13/h4-5,7-9,12H,6,13H2,1-3H3. The van der Waals surface area contributed by atoms with Gasteiger partial charge in [0.25, 0.3) is 0 Å². The third-order valence-corrected chi connectivity index (χ3v) is 4.71. The predicted molar refractivity (Wildman–Crippen MR) is 64.1 cm³/mol. The van der Waals surface area contributed by atoms with Crippen molar-refractivity contribution in [2.75, 3.05) is 0 Å². The van der Waals surface area contributed by atoms with Gasteiger partial charge in [-0.25, -0.2) is 0 Å². The van der Waals surface area contributed by atoms with Crippen molar-refractivity contribution in [1.29, 1.82) is 0 Å². The topological polar surface area (TPSA) is 26.0 Å². The Morgan fingerprint density at radius 2 is 2.21 bits per heavy atom. The largest absolute Gasteiger partial charge is 0.401 e. The van der Waals surface area contributed by atoms with Gasteiger partial charge in [-0.15, -0.1) is 11.8 Å². The molecule has 0 saturated carbocycles. The molecule has 1 nitrogen and oxygen atoms in total. The molecule has 2 rings (SSSR count). The Kier molecular flexibility index (Phi) is 2.65. The average Bonchev–Trinajstić information content (AvgIpc) is 2.46. The van der Waals surface area contributed by atoms with Gasteiger partial charge in [0, 0.05) is 10.9 Å². The van der Waals surface area contributed by atoms with Gasteiger partial charge in [-0.05, 0) is 23.8 Å². The molecule has 0 radical (unpaired) electrons. The maximum atomic E-state index is 6.23. The molecule has 78 valence electrons. The molecule has 0 aromatic carbocycles. The van der Waals surface area contributed by atoms with Crippen LogP contribution in [-0.4, -0.2) is 10.5 Å². The first-order valence-corrected chi connectivity index (χ1v) is 6.37. The Morgan fingerprint density at radius 1 is 1.50 bits per heavy atom. The minimum atomic E-state index is 0.559. The Morgan fingerprint density at radius 3 is 2.86 bits per heavy atom. The molecule has 1 saturated heterocycles. The van der Waals surface area contributed by atoms with E-state index >= 15 is 0 Å². The molecular weight excluding hydrogens is 190 g/mol. The monoisotopic (exact) mass is 209 g/mol. The van der Waals surface area contributed by atoms with Gasteiger partial charge in [0.15, 0.2) is 0 Å². The third kappa shape index (κ3) is 1.60. The molecule has 14 heavy (non-hydrogen) atoms. The Balaban J connectivity index is 2.27. The van der Waals surface area contributed by atoms with Crippen LogP contribution in [0.15, 0.2) is 23.4 Å². The minimum Gasteiger partial charge on any atom is -0.401 e. The number of thioether (sulfide) groups is 1. The molecule has 2 heteroatoms. The second-order valence-electron chi connectivity index (χ2n) is 4.69. The number of hydrogen-bond donors (Lipinski definition) is 1. The maximum absolute atomic E-state index is 6.23. The number of nitrogens with two attached hydrogens (primary N) is 1. The summed E-state index contributed by atoms with van der Waals surface area (Å²) in [7, 11) is 0. The van der Waals surface area contributed by atoms with Crippen LogP contribution in [0.4, 0.5) is 0 Å². The number of fused-ring (bicyclic) bond motifs is 1. The number of hydrogen-bond acceptors (Lipinski definition) is 2. The van der Waals surface area contributed by atoms with Crippen LogP contribution in [0.2, 0.25) is 0 Å². The van der Waals surface area contributed by atoms with Crippen molar-refractivity contribution in [2.24, 2.45) is 17.6 Å². The van der Waals surface area contributed by atoms with Crippen LogP contribution in [0, 0.1) is 11.8 Å². The van der Waals surface area contributed by atoms with E-state index < -0.39 is 0 Å². The van der Waals surface area contributed by atoms with Crippen molar-refractivity contribution in [2.45, 2.75) is 37.7 Å². The van der Waals surface area contributed by atoms with E-state index in [1.54, 1.807) is 0 Å².